The standard InChI is InChI=1S/C42H52ClN3O8/c1-26(24-50-35-11-16-44-34-10-5-7-27(2)38(34)35)19-30-20-29-21-36-37(52-25-51-36)23-33(29)41(30)12-14-42(15-13-41,46-32-9-6-8-31(43)22-32)39(47)53-28(3)54-40(48)45-17-18-49-4/h6,8-9,11,16,21-23,26-28,30,46H,5,7,10,12-15,17-20,24-25H2,1-4H3,(H,45,48)/t26-,27-,28?,30+,41?,42?/m1/s1. The Morgan fingerprint density at radius 3 is 2.63 bits per heavy atom. The second-order valence-electron chi connectivity index (χ2n) is 15.5. The topological polar surface area (TPSA) is 126 Å². The number of ether oxygens (including phenoxy) is 6. The summed E-state index contributed by atoms with van der Waals surface area (Å²) < 4.78 is 34.5. The smallest absolute Gasteiger partial charge is 0.410 e. The number of aryl methyl sites for hydroxylation is 1. The van der Waals surface area contributed by atoms with E-state index in [2.05, 4.69) is 41.6 Å². The molecule has 0 bridgehead atoms. The minimum atomic E-state index is -1.11. The number of amides is 1. The molecule has 1 fully saturated rings. The number of fused-ring (bicyclic) bond motifs is 4. The molecule has 7 rings (SSSR count). The fourth-order valence-corrected chi connectivity index (χ4v) is 9.41. The quantitative estimate of drug-likeness (QED) is 0.100. The van der Waals surface area contributed by atoms with Gasteiger partial charge in [-0.3, -0.25) is 4.98 Å². The molecule has 12 heteroatoms. The molecule has 1 saturated carbocycles. The van der Waals surface area contributed by atoms with Gasteiger partial charge in [-0.05, 0) is 128 Å². The number of nitrogens with zero attached hydrogens (tertiary/aromatic N) is 1. The lowest BCUT2D eigenvalue weighted by Crippen LogP contribution is -2.54. The number of benzene rings is 2. The number of alkyl carbamates (subject to hydrolysis) is 1. The fraction of sp³-hybridized carbons (Fsp3) is 0.548. The van der Waals surface area contributed by atoms with E-state index in [1.165, 1.54) is 22.4 Å². The molecule has 290 valence electrons. The Morgan fingerprint density at radius 1 is 1.06 bits per heavy atom. The van der Waals surface area contributed by atoms with Crippen LogP contribution in [0, 0.1) is 11.8 Å². The first-order valence-corrected chi connectivity index (χ1v) is 19.7. The van der Waals surface area contributed by atoms with Gasteiger partial charge in [-0.1, -0.05) is 31.5 Å². The zero-order valence-electron chi connectivity index (χ0n) is 31.7. The van der Waals surface area contributed by atoms with Gasteiger partial charge in [0.2, 0.25) is 13.1 Å². The number of anilines is 1. The van der Waals surface area contributed by atoms with Gasteiger partial charge in [0.25, 0.3) is 0 Å². The maximum absolute atomic E-state index is 14.3. The highest BCUT2D eigenvalue weighted by Crippen LogP contribution is 2.58. The van der Waals surface area contributed by atoms with Crippen LogP contribution >= 0.6 is 11.6 Å². The summed E-state index contributed by atoms with van der Waals surface area (Å²) in [5.41, 5.74) is 4.40. The van der Waals surface area contributed by atoms with E-state index in [1.54, 1.807) is 26.2 Å². The third-order valence-electron chi connectivity index (χ3n) is 11.9. The Kier molecular flexibility index (Phi) is 11.5. The number of carbonyl (C=O) groups excluding carboxylic acids is 2. The SMILES string of the molecule is COCCNC(=O)OC(C)OC(=O)C1(Nc2cccc(Cl)c2)CCC2(CC1)c1cc3c(cc1C[C@@H]2C[C@@H](C)COc1ccnc2c1[C@H](C)CCC2)OCO3. The normalized spacial score (nSPS) is 24.9. The van der Waals surface area contributed by atoms with Crippen molar-refractivity contribution in [3.8, 4) is 17.2 Å². The average Bonchev–Trinajstić information content (AvgIpc) is 3.72. The first-order chi connectivity index (χ1) is 26.1. The van der Waals surface area contributed by atoms with Gasteiger partial charge in [0.15, 0.2) is 11.5 Å². The van der Waals surface area contributed by atoms with E-state index >= 15 is 0 Å². The van der Waals surface area contributed by atoms with Crippen LogP contribution in [0.25, 0.3) is 0 Å². The maximum Gasteiger partial charge on any atom is 0.410 e. The zero-order valence-corrected chi connectivity index (χ0v) is 32.5. The second-order valence-corrected chi connectivity index (χ2v) is 16.0. The van der Waals surface area contributed by atoms with E-state index in [9.17, 15) is 9.59 Å². The highest BCUT2D eigenvalue weighted by Gasteiger charge is 2.55. The lowest BCUT2D eigenvalue weighted by molar-refractivity contribution is -0.172. The summed E-state index contributed by atoms with van der Waals surface area (Å²) in [4.78, 5) is 31.3. The van der Waals surface area contributed by atoms with Crippen LogP contribution in [0.4, 0.5) is 10.5 Å². The summed E-state index contributed by atoms with van der Waals surface area (Å²) in [7, 11) is 1.55. The molecule has 11 nitrogen and oxygen atoms in total. The molecule has 2 aromatic carbocycles. The van der Waals surface area contributed by atoms with Crippen molar-refractivity contribution in [1.29, 1.82) is 0 Å². The summed E-state index contributed by atoms with van der Waals surface area (Å²) in [6, 6.07) is 13.7. The summed E-state index contributed by atoms with van der Waals surface area (Å²) in [6.45, 7) is 7.52. The van der Waals surface area contributed by atoms with Crippen LogP contribution in [-0.4, -0.2) is 62.5 Å². The van der Waals surface area contributed by atoms with Crippen LogP contribution in [0.2, 0.25) is 5.02 Å². The molecular formula is C42H52ClN3O8. The van der Waals surface area contributed by atoms with Gasteiger partial charge in [0.05, 0.1) is 13.2 Å². The summed E-state index contributed by atoms with van der Waals surface area (Å²) in [5, 5.41) is 6.68. The Balaban J connectivity index is 1.12. The minimum absolute atomic E-state index is 0.210. The number of carbonyl (C=O) groups is 2. The first-order valence-electron chi connectivity index (χ1n) is 19.3. The number of aromatic nitrogens is 1. The molecule has 1 amide bonds. The lowest BCUT2D eigenvalue weighted by atomic mass is 9.59. The van der Waals surface area contributed by atoms with Gasteiger partial charge < -0.3 is 39.1 Å². The van der Waals surface area contributed by atoms with Crippen LogP contribution in [0.1, 0.15) is 94.0 Å². The Labute approximate surface area is 322 Å². The fourth-order valence-electron chi connectivity index (χ4n) is 9.22. The van der Waals surface area contributed by atoms with E-state index in [-0.39, 0.29) is 24.7 Å². The number of nitrogens with one attached hydrogen (secondary N) is 2. The Bertz CT molecular complexity index is 1830. The van der Waals surface area contributed by atoms with Crippen LogP contribution < -0.4 is 24.8 Å². The third kappa shape index (κ3) is 7.94. The first kappa shape index (κ1) is 38.1. The van der Waals surface area contributed by atoms with Crippen LogP contribution in [0.15, 0.2) is 48.7 Å². The zero-order chi connectivity index (χ0) is 37.9. The Morgan fingerprint density at radius 2 is 1.85 bits per heavy atom. The van der Waals surface area contributed by atoms with Crippen molar-refractivity contribution < 1.29 is 38.0 Å². The van der Waals surface area contributed by atoms with E-state index in [0.717, 1.165) is 62.2 Å². The molecule has 1 spiro atoms. The lowest BCUT2D eigenvalue weighted by Gasteiger charge is -2.48. The van der Waals surface area contributed by atoms with Gasteiger partial charge in [0, 0.05) is 48.7 Å². The van der Waals surface area contributed by atoms with Crippen molar-refractivity contribution in [1.82, 2.24) is 10.3 Å². The van der Waals surface area contributed by atoms with E-state index in [0.29, 0.717) is 48.6 Å². The van der Waals surface area contributed by atoms with Gasteiger partial charge in [0.1, 0.15) is 11.3 Å². The number of rotatable bonds is 13. The van der Waals surface area contributed by atoms with Crippen molar-refractivity contribution >= 4 is 29.4 Å². The van der Waals surface area contributed by atoms with E-state index < -0.39 is 23.9 Å². The molecule has 3 aromatic rings. The molecule has 1 unspecified atom stereocenters. The van der Waals surface area contributed by atoms with Crippen molar-refractivity contribution in [3.05, 3.63) is 76.1 Å². The number of hydrogen-bond donors (Lipinski definition) is 2. The van der Waals surface area contributed by atoms with E-state index in [1.807, 2.05) is 24.4 Å². The van der Waals surface area contributed by atoms with E-state index in [4.69, 9.17) is 40.0 Å². The van der Waals surface area contributed by atoms with Crippen LogP contribution in [0.3, 0.4) is 0 Å². The van der Waals surface area contributed by atoms with Crippen molar-refractivity contribution in [2.24, 2.45) is 11.8 Å². The number of hydrogen-bond acceptors (Lipinski definition) is 10. The van der Waals surface area contributed by atoms with Crippen molar-refractivity contribution in [2.45, 2.75) is 102 Å². The number of methoxy groups -OCH3 is 1. The molecule has 1 aromatic heterocycles. The molecule has 0 saturated heterocycles. The largest absolute Gasteiger partial charge is 0.493 e. The molecule has 3 aliphatic carbocycles. The molecule has 1 aliphatic heterocycles. The number of pyridine rings is 1. The third-order valence-corrected chi connectivity index (χ3v) is 12.1. The molecule has 4 atom stereocenters. The maximum atomic E-state index is 14.3. The molecule has 2 heterocycles. The highest BCUT2D eigenvalue weighted by atomic mass is 35.5. The van der Waals surface area contributed by atoms with Crippen molar-refractivity contribution in [3.63, 3.8) is 0 Å². The summed E-state index contributed by atoms with van der Waals surface area (Å²) >= 11 is 6.39. The van der Waals surface area contributed by atoms with Crippen molar-refractivity contribution in [2.75, 3.05) is 39.0 Å². The Hall–Kier alpha value is -4.22. The molecule has 2 N–H and O–H groups in total. The molecule has 0 radical (unpaired) electrons. The average molecular weight is 762 g/mol. The van der Waals surface area contributed by atoms with Gasteiger partial charge >= 0.3 is 12.1 Å². The highest BCUT2D eigenvalue weighted by molar-refractivity contribution is 6.30. The van der Waals surface area contributed by atoms with Gasteiger partial charge in [-0.2, -0.15) is 0 Å². The molecule has 4 aliphatic rings. The van der Waals surface area contributed by atoms with Gasteiger partial charge in [-0.15, -0.1) is 0 Å². The summed E-state index contributed by atoms with van der Waals surface area (Å²) in [5.74, 6) is 3.06. The minimum Gasteiger partial charge on any atom is -0.493 e. The van der Waals surface area contributed by atoms with Crippen LogP contribution in [0.5, 0.6) is 17.2 Å². The number of esters is 1. The molecular weight excluding hydrogens is 710 g/mol. The molecule has 54 heavy (non-hydrogen) atoms. The number of halogens is 1. The van der Waals surface area contributed by atoms with Crippen LogP contribution in [-0.2, 0) is 37.3 Å². The predicted octanol–water partition coefficient (Wildman–Crippen LogP) is 8.11. The monoisotopic (exact) mass is 761 g/mol. The second kappa shape index (κ2) is 16.3. The predicted molar refractivity (Wildman–Crippen MR) is 204 cm³/mol. The summed E-state index contributed by atoms with van der Waals surface area (Å²) in [6.07, 6.45) is 7.69. The van der Waals surface area contributed by atoms with Gasteiger partial charge in [-0.25, -0.2) is 9.59 Å².